The smallest absolute Gasteiger partial charge is 0.305 e. The molecule has 1 N–H and O–H groups in total. The number of carbonyl (C=O) groups is 2. The first kappa shape index (κ1) is 13.6. The fourth-order valence-electron chi connectivity index (χ4n) is 2.64. The van der Waals surface area contributed by atoms with Gasteiger partial charge < -0.3 is 10.0 Å². The molecule has 0 unspecified atom stereocenters. The van der Waals surface area contributed by atoms with Gasteiger partial charge in [-0.25, -0.2) is 0 Å². The Bertz CT molecular complexity index is 466. The Morgan fingerprint density at radius 1 is 1.26 bits per heavy atom. The number of carboxylic acids is 1. The van der Waals surface area contributed by atoms with E-state index >= 15 is 0 Å². The zero-order valence-corrected chi connectivity index (χ0v) is 11.1. The quantitative estimate of drug-likeness (QED) is 0.882. The van der Waals surface area contributed by atoms with Gasteiger partial charge in [0.1, 0.15) is 0 Å². The van der Waals surface area contributed by atoms with Crippen molar-refractivity contribution in [2.45, 2.75) is 31.1 Å². The Morgan fingerprint density at radius 2 is 1.89 bits per heavy atom. The molecule has 0 aliphatic heterocycles. The van der Waals surface area contributed by atoms with Crippen LogP contribution in [-0.2, 0) is 15.0 Å². The van der Waals surface area contributed by atoms with Gasteiger partial charge in [0.05, 0.1) is 11.8 Å². The maximum atomic E-state index is 12.6. The first-order valence-electron chi connectivity index (χ1n) is 6.59. The van der Waals surface area contributed by atoms with Crippen LogP contribution in [0.4, 0.5) is 0 Å². The van der Waals surface area contributed by atoms with Gasteiger partial charge in [0, 0.05) is 13.6 Å². The minimum absolute atomic E-state index is 0.00684. The topological polar surface area (TPSA) is 57.6 Å². The predicted molar refractivity (Wildman–Crippen MR) is 71.9 cm³/mol. The number of hydrogen-bond donors (Lipinski definition) is 1. The summed E-state index contributed by atoms with van der Waals surface area (Å²) in [5, 5.41) is 8.70. The normalized spacial score (nSPS) is 16.5. The third kappa shape index (κ3) is 2.62. The second-order valence-electron chi connectivity index (χ2n) is 5.17. The summed E-state index contributed by atoms with van der Waals surface area (Å²) in [4.78, 5) is 24.7. The zero-order valence-electron chi connectivity index (χ0n) is 11.1. The van der Waals surface area contributed by atoms with Gasteiger partial charge in [-0.15, -0.1) is 0 Å². The molecule has 0 saturated heterocycles. The molecular weight excluding hydrogens is 242 g/mol. The molecule has 4 nitrogen and oxygen atoms in total. The average Bonchev–Trinajstić information content (AvgIpc) is 2.35. The lowest BCUT2D eigenvalue weighted by atomic mass is 9.63. The highest BCUT2D eigenvalue weighted by molar-refractivity contribution is 5.89. The van der Waals surface area contributed by atoms with Gasteiger partial charge in [0.25, 0.3) is 0 Å². The molecule has 4 heteroatoms. The average molecular weight is 261 g/mol. The van der Waals surface area contributed by atoms with Gasteiger partial charge >= 0.3 is 5.97 Å². The molecule has 0 bridgehead atoms. The van der Waals surface area contributed by atoms with Crippen LogP contribution in [0.1, 0.15) is 31.2 Å². The van der Waals surface area contributed by atoms with Gasteiger partial charge in [-0.2, -0.15) is 0 Å². The van der Waals surface area contributed by atoms with Crippen molar-refractivity contribution in [1.82, 2.24) is 4.90 Å². The standard InChI is InChI=1S/C15H19NO3/c1-16(11-8-13(17)18)14(19)15(9-5-10-15)12-6-3-2-4-7-12/h2-4,6-7H,5,8-11H2,1H3,(H,17,18). The molecule has 0 atom stereocenters. The lowest BCUT2D eigenvalue weighted by molar-refractivity contribution is -0.141. The number of aliphatic carboxylic acids is 1. The molecule has 1 aliphatic rings. The molecule has 1 saturated carbocycles. The predicted octanol–water partition coefficient (Wildman–Crippen LogP) is 2.04. The van der Waals surface area contributed by atoms with E-state index in [-0.39, 0.29) is 18.9 Å². The summed E-state index contributed by atoms with van der Waals surface area (Å²) in [6.07, 6.45) is 2.75. The highest BCUT2D eigenvalue weighted by atomic mass is 16.4. The van der Waals surface area contributed by atoms with E-state index in [4.69, 9.17) is 5.11 Å². The van der Waals surface area contributed by atoms with Crippen molar-refractivity contribution < 1.29 is 14.7 Å². The van der Waals surface area contributed by atoms with E-state index in [1.807, 2.05) is 30.3 Å². The molecule has 1 aromatic rings. The van der Waals surface area contributed by atoms with Crippen molar-refractivity contribution >= 4 is 11.9 Å². The van der Waals surface area contributed by atoms with Crippen molar-refractivity contribution in [2.75, 3.05) is 13.6 Å². The molecule has 102 valence electrons. The van der Waals surface area contributed by atoms with Gasteiger partial charge in [0.15, 0.2) is 0 Å². The van der Waals surface area contributed by atoms with E-state index in [1.165, 1.54) is 0 Å². The third-order valence-corrected chi connectivity index (χ3v) is 3.95. The van der Waals surface area contributed by atoms with Crippen molar-refractivity contribution in [3.8, 4) is 0 Å². The van der Waals surface area contributed by atoms with E-state index in [2.05, 4.69) is 0 Å². The Kier molecular flexibility index (Phi) is 3.88. The molecule has 1 aliphatic carbocycles. The van der Waals surface area contributed by atoms with Gasteiger partial charge in [-0.3, -0.25) is 9.59 Å². The van der Waals surface area contributed by atoms with E-state index in [9.17, 15) is 9.59 Å². The molecule has 1 amide bonds. The summed E-state index contributed by atoms with van der Waals surface area (Å²) in [5.74, 6) is -0.826. The number of rotatable bonds is 5. The molecule has 1 fully saturated rings. The number of benzene rings is 1. The number of carbonyl (C=O) groups excluding carboxylic acids is 1. The minimum atomic E-state index is -0.873. The van der Waals surface area contributed by atoms with E-state index in [0.29, 0.717) is 0 Å². The number of amides is 1. The minimum Gasteiger partial charge on any atom is -0.481 e. The summed E-state index contributed by atoms with van der Waals surface area (Å²) < 4.78 is 0. The maximum absolute atomic E-state index is 12.6. The van der Waals surface area contributed by atoms with E-state index < -0.39 is 11.4 Å². The lowest BCUT2D eigenvalue weighted by Crippen LogP contribution is -2.50. The van der Waals surface area contributed by atoms with Gasteiger partial charge in [-0.1, -0.05) is 36.8 Å². The maximum Gasteiger partial charge on any atom is 0.305 e. The fraction of sp³-hybridized carbons (Fsp3) is 0.467. The van der Waals surface area contributed by atoms with E-state index in [0.717, 1.165) is 24.8 Å². The van der Waals surface area contributed by atoms with Gasteiger partial charge in [0.2, 0.25) is 5.91 Å². The molecule has 0 spiro atoms. The molecule has 2 rings (SSSR count). The Morgan fingerprint density at radius 3 is 2.37 bits per heavy atom. The van der Waals surface area contributed by atoms with Crippen LogP contribution in [0.5, 0.6) is 0 Å². The first-order valence-corrected chi connectivity index (χ1v) is 6.59. The van der Waals surface area contributed by atoms with E-state index in [1.54, 1.807) is 11.9 Å². The monoisotopic (exact) mass is 261 g/mol. The van der Waals surface area contributed by atoms with Crippen LogP contribution in [0.25, 0.3) is 0 Å². The summed E-state index contributed by atoms with van der Waals surface area (Å²) in [6, 6.07) is 9.80. The SMILES string of the molecule is CN(CCC(=O)O)C(=O)C1(c2ccccc2)CCC1. The molecule has 0 heterocycles. The largest absolute Gasteiger partial charge is 0.481 e. The number of hydrogen-bond acceptors (Lipinski definition) is 2. The summed E-state index contributed by atoms with van der Waals surface area (Å²) >= 11 is 0. The second kappa shape index (κ2) is 5.43. The van der Waals surface area contributed by atoms with Crippen molar-refractivity contribution in [3.05, 3.63) is 35.9 Å². The lowest BCUT2D eigenvalue weighted by Gasteiger charge is -2.43. The second-order valence-corrected chi connectivity index (χ2v) is 5.17. The highest BCUT2D eigenvalue weighted by Crippen LogP contribution is 2.44. The Balaban J connectivity index is 2.13. The van der Waals surface area contributed by atoms with Crippen LogP contribution in [0.2, 0.25) is 0 Å². The number of carboxylic acid groups (broad SMARTS) is 1. The van der Waals surface area contributed by atoms with Crippen molar-refractivity contribution in [2.24, 2.45) is 0 Å². The van der Waals surface area contributed by atoms with Crippen molar-refractivity contribution in [3.63, 3.8) is 0 Å². The third-order valence-electron chi connectivity index (χ3n) is 3.95. The molecule has 0 aromatic heterocycles. The Labute approximate surface area is 113 Å². The van der Waals surface area contributed by atoms with Crippen LogP contribution >= 0.6 is 0 Å². The summed E-state index contributed by atoms with van der Waals surface area (Å²) in [6.45, 7) is 0.267. The zero-order chi connectivity index (χ0) is 13.9. The van der Waals surface area contributed by atoms with Crippen LogP contribution in [-0.4, -0.2) is 35.5 Å². The molecule has 0 radical (unpaired) electrons. The molecule has 1 aromatic carbocycles. The van der Waals surface area contributed by atoms with Crippen LogP contribution in [0, 0.1) is 0 Å². The van der Waals surface area contributed by atoms with Crippen molar-refractivity contribution in [1.29, 1.82) is 0 Å². The molecule has 19 heavy (non-hydrogen) atoms. The van der Waals surface area contributed by atoms with Crippen LogP contribution < -0.4 is 0 Å². The first-order chi connectivity index (χ1) is 9.06. The number of likely N-dealkylation sites (N-methyl/N-ethyl adjacent to an activating group) is 1. The van der Waals surface area contributed by atoms with Gasteiger partial charge in [-0.05, 0) is 18.4 Å². The Hall–Kier alpha value is -1.84. The summed E-state index contributed by atoms with van der Waals surface area (Å²) in [5.41, 5.74) is 0.627. The highest BCUT2D eigenvalue weighted by Gasteiger charge is 2.46. The number of nitrogens with zero attached hydrogens (tertiary/aromatic N) is 1. The van der Waals surface area contributed by atoms with Crippen LogP contribution in [0.15, 0.2) is 30.3 Å². The molecular formula is C15H19NO3. The summed E-state index contributed by atoms with van der Waals surface area (Å²) in [7, 11) is 1.69. The van der Waals surface area contributed by atoms with Crippen LogP contribution in [0.3, 0.4) is 0 Å². The fourth-order valence-corrected chi connectivity index (χ4v) is 2.64.